The first-order chi connectivity index (χ1) is 19.2. The van der Waals surface area contributed by atoms with Gasteiger partial charge in [0.15, 0.2) is 0 Å². The quantitative estimate of drug-likeness (QED) is 0.759. The minimum absolute atomic E-state index is 1.28. The second-order valence-electron chi connectivity index (χ2n) is 3.89. The van der Waals surface area contributed by atoms with Crippen LogP contribution in [0.4, 0.5) is 0 Å². The van der Waals surface area contributed by atoms with Crippen LogP contribution in [0.2, 0.25) is 0 Å². The zero-order chi connectivity index (χ0) is 35.2. The first-order valence-electron chi connectivity index (χ1n) is 17.1. The molecule has 0 fully saturated rings. The number of pyridine rings is 2. The molecule has 0 atom stereocenters. The Balaban J connectivity index is 3.43. The van der Waals surface area contributed by atoms with Crippen LogP contribution in [-0.2, 0) is 10.8 Å². The van der Waals surface area contributed by atoms with E-state index in [1.807, 2.05) is 0 Å². The van der Waals surface area contributed by atoms with Gasteiger partial charge in [0.2, 0.25) is 0 Å². The minimum Gasteiger partial charge on any atom is -0.255 e. The van der Waals surface area contributed by atoms with Crippen molar-refractivity contribution in [1.82, 2.24) is 9.97 Å². The average Bonchev–Trinajstić information content (AvgIpc) is 2.73. The Labute approximate surface area is 156 Å². The standard InChI is InChI=1S/C18H24N2/c1-17(2,3)13-7-9-19-15(11-13)16-12-14(8-10-20-16)18(4,5)6/h7-12H,1-6H3/i1D3,2D3,3D3,4D3,5D3,6D3,7D,8D,9D,10D,11D,12D. The van der Waals surface area contributed by atoms with Crippen molar-refractivity contribution in [3.8, 4) is 11.4 Å². The highest BCUT2D eigenvalue weighted by molar-refractivity contribution is 5.56. The molecule has 2 aromatic heterocycles. The Morgan fingerprint density at radius 3 is 1.55 bits per heavy atom. The Morgan fingerprint density at radius 2 is 1.20 bits per heavy atom. The largest absolute Gasteiger partial charge is 0.255 e. The van der Waals surface area contributed by atoms with Gasteiger partial charge in [0.25, 0.3) is 0 Å². The number of hydrogen-bond acceptors (Lipinski definition) is 2. The van der Waals surface area contributed by atoms with Crippen LogP contribution in [0.5, 0.6) is 0 Å². The molecular weight excluding hydrogens is 244 g/mol. The van der Waals surface area contributed by atoms with E-state index in [0.29, 0.717) is 0 Å². The van der Waals surface area contributed by atoms with Crippen LogP contribution >= 0.6 is 0 Å². The third kappa shape index (κ3) is 3.24. The topological polar surface area (TPSA) is 25.8 Å². The fourth-order valence-electron chi connectivity index (χ4n) is 1.23. The van der Waals surface area contributed by atoms with Gasteiger partial charge in [-0.1, -0.05) is 41.1 Å². The second-order valence-corrected chi connectivity index (χ2v) is 3.89. The Bertz CT molecular complexity index is 1250. The molecule has 2 aromatic rings. The van der Waals surface area contributed by atoms with Gasteiger partial charge >= 0.3 is 0 Å². The summed E-state index contributed by atoms with van der Waals surface area (Å²) in [6.45, 7) is -24.3. The Hall–Kier alpha value is -1.70. The molecule has 0 N–H and O–H groups in total. The molecule has 0 saturated heterocycles. The van der Waals surface area contributed by atoms with Gasteiger partial charge in [-0.05, 0) is 46.1 Å². The van der Waals surface area contributed by atoms with Crippen LogP contribution in [0.15, 0.2) is 36.5 Å². The summed E-state index contributed by atoms with van der Waals surface area (Å²) in [5.74, 6) is 0. The lowest BCUT2D eigenvalue weighted by Gasteiger charge is -2.21. The Morgan fingerprint density at radius 1 is 0.800 bits per heavy atom. The molecule has 2 heterocycles. The van der Waals surface area contributed by atoms with Crippen LogP contribution in [-0.4, -0.2) is 9.97 Å². The van der Waals surface area contributed by atoms with Gasteiger partial charge in [-0.2, -0.15) is 0 Å². The molecule has 2 heteroatoms. The first kappa shape index (κ1) is 2.92. The summed E-state index contributed by atoms with van der Waals surface area (Å²) in [6.07, 6.45) is -2.74. The summed E-state index contributed by atoms with van der Waals surface area (Å²) in [5.41, 5.74) is -13.9. The zero-order valence-electron chi connectivity index (χ0n) is 33.9. The van der Waals surface area contributed by atoms with Gasteiger partial charge in [0, 0.05) is 37.0 Å². The van der Waals surface area contributed by atoms with Gasteiger partial charge in [-0.25, -0.2) is 0 Å². The lowest BCUT2D eigenvalue weighted by atomic mass is 9.86. The van der Waals surface area contributed by atoms with Crippen molar-refractivity contribution in [1.29, 1.82) is 0 Å². The monoisotopic (exact) mass is 292 g/mol. The number of hydrogen-bond donors (Lipinski definition) is 0. The van der Waals surface area contributed by atoms with E-state index in [2.05, 4.69) is 9.97 Å². The molecule has 106 valence electrons. The molecule has 2 rings (SSSR count). The predicted molar refractivity (Wildman–Crippen MR) is 84.9 cm³/mol. The van der Waals surface area contributed by atoms with Crippen LogP contribution in [0, 0.1) is 0 Å². The molecule has 0 unspecified atom stereocenters. The number of rotatable bonds is 1. The summed E-state index contributed by atoms with van der Waals surface area (Å²) < 4.78 is 193. The smallest absolute Gasteiger partial charge is 0.0889 e. The third-order valence-electron chi connectivity index (χ3n) is 2.16. The zero-order valence-corrected chi connectivity index (χ0v) is 9.89. The summed E-state index contributed by atoms with van der Waals surface area (Å²) in [5, 5.41) is 0. The molecule has 0 aliphatic carbocycles. The van der Waals surface area contributed by atoms with Gasteiger partial charge in [0.05, 0.1) is 19.6 Å². The molecule has 0 aromatic carbocycles. The van der Waals surface area contributed by atoms with E-state index < -0.39 is 111 Å². The van der Waals surface area contributed by atoms with Gasteiger partial charge in [-0.15, -0.1) is 0 Å². The molecule has 20 heavy (non-hydrogen) atoms. The molecule has 0 bridgehead atoms. The van der Waals surface area contributed by atoms with E-state index in [9.17, 15) is 0 Å². The number of aromatic nitrogens is 2. The summed E-state index contributed by atoms with van der Waals surface area (Å²) in [7, 11) is 0. The second kappa shape index (κ2) is 5.01. The van der Waals surface area contributed by atoms with Crippen molar-refractivity contribution < 1.29 is 32.9 Å². The van der Waals surface area contributed by atoms with Crippen LogP contribution < -0.4 is 0 Å². The van der Waals surface area contributed by atoms with Crippen LogP contribution in [0.1, 0.15) is 85.1 Å². The first-order valence-corrected chi connectivity index (χ1v) is 5.14. The van der Waals surface area contributed by atoms with Crippen LogP contribution in [0.3, 0.4) is 0 Å². The van der Waals surface area contributed by atoms with E-state index in [4.69, 9.17) is 32.9 Å². The summed E-state index contributed by atoms with van der Waals surface area (Å²) >= 11 is 0. The highest BCUT2D eigenvalue weighted by atomic mass is 14.8. The molecular formula is C18H24N2. The van der Waals surface area contributed by atoms with Crippen molar-refractivity contribution in [2.45, 2.75) is 51.9 Å². The molecule has 2 nitrogen and oxygen atoms in total. The van der Waals surface area contributed by atoms with E-state index >= 15 is 0 Å². The highest BCUT2D eigenvalue weighted by Gasteiger charge is 2.17. The maximum Gasteiger partial charge on any atom is 0.0889 e. The molecule has 0 radical (unpaired) electrons. The van der Waals surface area contributed by atoms with Crippen molar-refractivity contribution in [2.24, 2.45) is 0 Å². The van der Waals surface area contributed by atoms with E-state index in [-0.39, 0.29) is 0 Å². The normalized spacial score (nSPS) is 33.8. The summed E-state index contributed by atoms with van der Waals surface area (Å²) in [4.78, 5) is 6.99. The van der Waals surface area contributed by atoms with Crippen LogP contribution in [0.25, 0.3) is 11.4 Å². The Kier molecular flexibility index (Phi) is 0.731. The predicted octanol–water partition coefficient (Wildman–Crippen LogP) is 4.74. The fraction of sp³-hybridized carbons (Fsp3) is 0.444. The van der Waals surface area contributed by atoms with Crippen molar-refractivity contribution in [3.63, 3.8) is 0 Å². The maximum atomic E-state index is 8.65. The third-order valence-corrected chi connectivity index (χ3v) is 2.16. The maximum absolute atomic E-state index is 8.65. The van der Waals surface area contributed by atoms with Crippen molar-refractivity contribution >= 4 is 0 Å². The molecule has 0 aliphatic rings. The minimum atomic E-state index is -4.06. The fourth-order valence-corrected chi connectivity index (χ4v) is 1.23. The molecule has 0 aliphatic heterocycles. The summed E-state index contributed by atoms with van der Waals surface area (Å²) in [6, 6.07) is -5.97. The van der Waals surface area contributed by atoms with Gasteiger partial charge in [0.1, 0.15) is 0 Å². The molecule has 0 amide bonds. The SMILES string of the molecule is [2H]c1nc(-c2nc([2H])c([2H])c(C(C([2H])([2H])[2H])(C([2H])([2H])[2H])C([2H])([2H])[2H])c2[2H])c([2H])c(C(C([2H])([2H])[2H])(C([2H])([2H])[2H])C([2H])([2H])[2H])c1[2H]. The lowest BCUT2D eigenvalue weighted by Crippen LogP contribution is -2.12. The van der Waals surface area contributed by atoms with E-state index in [1.165, 1.54) is 0 Å². The average molecular weight is 293 g/mol. The lowest BCUT2D eigenvalue weighted by molar-refractivity contribution is 0.588. The molecule has 0 saturated carbocycles. The number of nitrogens with zero attached hydrogens (tertiary/aromatic N) is 2. The van der Waals surface area contributed by atoms with Gasteiger partial charge < -0.3 is 0 Å². The highest BCUT2D eigenvalue weighted by Crippen LogP contribution is 2.28. The van der Waals surface area contributed by atoms with Crippen molar-refractivity contribution in [3.05, 3.63) is 47.6 Å². The van der Waals surface area contributed by atoms with Crippen molar-refractivity contribution in [2.75, 3.05) is 0 Å². The van der Waals surface area contributed by atoms with E-state index in [1.54, 1.807) is 0 Å². The van der Waals surface area contributed by atoms with Gasteiger partial charge in [-0.3, -0.25) is 9.97 Å². The van der Waals surface area contributed by atoms with E-state index in [0.717, 1.165) is 0 Å². The molecule has 0 spiro atoms.